The molecule has 0 fully saturated rings. The number of hydrazone groups is 1. The van der Waals surface area contributed by atoms with E-state index in [0.717, 1.165) is 31.2 Å². The third-order valence-corrected chi connectivity index (χ3v) is 9.50. The van der Waals surface area contributed by atoms with E-state index in [-0.39, 0.29) is 11.3 Å². The number of aromatic nitrogens is 1. The molecule has 1 amide bonds. The smallest absolute Gasteiger partial charge is 0.258 e. The normalized spacial score (nSPS) is 12.5. The van der Waals surface area contributed by atoms with Gasteiger partial charge in [0, 0.05) is 32.8 Å². The van der Waals surface area contributed by atoms with Crippen molar-refractivity contribution < 1.29 is 13.2 Å². The first kappa shape index (κ1) is 30.2. The van der Waals surface area contributed by atoms with Crippen molar-refractivity contribution in [2.45, 2.75) is 23.9 Å². The third-order valence-electron chi connectivity index (χ3n) is 6.56. The Kier molecular flexibility index (Phi) is 9.64. The van der Waals surface area contributed by atoms with E-state index >= 15 is 0 Å². The van der Waals surface area contributed by atoms with Crippen LogP contribution in [0.4, 0.5) is 0 Å². The molecule has 0 bridgehead atoms. The molecule has 0 unspecified atom stereocenters. The maximum atomic E-state index is 13.3. The molecule has 1 heterocycles. The summed E-state index contributed by atoms with van der Waals surface area (Å²) in [4.78, 5) is 13.4. The minimum atomic E-state index is -3.97. The summed E-state index contributed by atoms with van der Waals surface area (Å²) in [5.74, 6) is -0.580. The number of hydrogen-bond acceptors (Lipinski definition) is 4. The first-order valence-corrected chi connectivity index (χ1v) is 16.2. The van der Waals surface area contributed by atoms with Crippen LogP contribution in [0.2, 0.25) is 10.0 Å². The zero-order valence-corrected chi connectivity index (χ0v) is 26.5. The van der Waals surface area contributed by atoms with E-state index in [1.54, 1.807) is 24.4 Å². The van der Waals surface area contributed by atoms with Crippen LogP contribution in [-0.4, -0.2) is 31.1 Å². The lowest BCUT2D eigenvalue weighted by Crippen LogP contribution is -2.46. The summed E-state index contributed by atoms with van der Waals surface area (Å²) in [6.07, 6.45) is 3.64. The second-order valence-electron chi connectivity index (χ2n) is 9.53. The molecule has 2 N–H and O–H groups in total. The zero-order chi connectivity index (χ0) is 29.7. The molecule has 0 aliphatic heterocycles. The Labute approximate surface area is 267 Å². The van der Waals surface area contributed by atoms with Crippen molar-refractivity contribution in [3.05, 3.63) is 134 Å². The van der Waals surface area contributed by atoms with Crippen LogP contribution in [0, 0.1) is 3.57 Å². The molecule has 0 spiro atoms. The van der Waals surface area contributed by atoms with Crippen LogP contribution in [0.25, 0.3) is 10.9 Å². The summed E-state index contributed by atoms with van der Waals surface area (Å²) in [7, 11) is -3.97. The van der Waals surface area contributed by atoms with Crippen molar-refractivity contribution in [3.63, 3.8) is 0 Å². The number of fused-ring (bicyclic) bond motifs is 1. The van der Waals surface area contributed by atoms with Crippen molar-refractivity contribution in [1.29, 1.82) is 0 Å². The zero-order valence-electron chi connectivity index (χ0n) is 22.0. The highest BCUT2D eigenvalue weighted by Gasteiger charge is 2.26. The van der Waals surface area contributed by atoms with Gasteiger partial charge in [-0.3, -0.25) is 4.79 Å². The summed E-state index contributed by atoms with van der Waals surface area (Å²) in [6, 6.07) is 27.9. The second kappa shape index (κ2) is 13.4. The van der Waals surface area contributed by atoms with Gasteiger partial charge >= 0.3 is 0 Å². The van der Waals surface area contributed by atoms with Gasteiger partial charge in [-0.25, -0.2) is 13.8 Å². The van der Waals surface area contributed by atoms with Gasteiger partial charge in [0.2, 0.25) is 10.0 Å². The number of carbonyl (C=O) groups excluding carboxylic acids is 1. The molecular weight excluding hydrogens is 706 g/mol. The standard InChI is InChI=1S/C31H25Cl2IN4O3S/c32-27-15-10-22(16-28(27)33)19-38-20-23(26-8-4-5-9-30(26)38)18-35-36-31(39)29(17-21-6-2-1-3-7-21)37-42(40,41)25-13-11-24(34)12-14-25/h1-16,18,20,29,37H,17,19H2,(H,36,39)/b35-18-/t29-/m1/s1. The van der Waals surface area contributed by atoms with Crippen LogP contribution in [0.1, 0.15) is 16.7 Å². The van der Waals surface area contributed by atoms with Crippen molar-refractivity contribution >= 4 is 78.8 Å². The summed E-state index contributed by atoms with van der Waals surface area (Å²) in [6.45, 7) is 0.553. The maximum Gasteiger partial charge on any atom is 0.258 e. The Balaban J connectivity index is 1.36. The van der Waals surface area contributed by atoms with E-state index in [0.29, 0.717) is 16.6 Å². The topological polar surface area (TPSA) is 92.6 Å². The highest BCUT2D eigenvalue weighted by atomic mass is 127. The monoisotopic (exact) mass is 730 g/mol. The highest BCUT2D eigenvalue weighted by molar-refractivity contribution is 14.1. The molecule has 1 aromatic heterocycles. The lowest BCUT2D eigenvalue weighted by atomic mass is 10.1. The number of halogens is 3. The average molecular weight is 731 g/mol. The SMILES string of the molecule is O=C(N/N=C\c1cn(Cc2ccc(Cl)c(Cl)c2)c2ccccc12)[C@@H](Cc1ccccc1)NS(=O)(=O)c1ccc(I)cc1. The largest absolute Gasteiger partial charge is 0.342 e. The molecule has 4 aromatic carbocycles. The molecule has 5 rings (SSSR count). The van der Waals surface area contributed by atoms with E-state index in [1.807, 2.05) is 72.9 Å². The molecule has 5 aromatic rings. The van der Waals surface area contributed by atoms with Crippen LogP contribution in [0.3, 0.4) is 0 Å². The quantitative estimate of drug-likeness (QED) is 0.0959. The van der Waals surface area contributed by atoms with Gasteiger partial charge in [0.15, 0.2) is 0 Å². The van der Waals surface area contributed by atoms with Crippen LogP contribution < -0.4 is 10.1 Å². The fraction of sp³-hybridized carbons (Fsp3) is 0.0968. The number of nitrogens with one attached hydrogen (secondary N) is 2. The number of amides is 1. The molecule has 0 aliphatic carbocycles. The number of benzene rings is 4. The molecule has 42 heavy (non-hydrogen) atoms. The van der Waals surface area contributed by atoms with Gasteiger partial charge in [0.1, 0.15) is 6.04 Å². The fourth-order valence-corrected chi connectivity index (χ4v) is 6.37. The average Bonchev–Trinajstić information content (AvgIpc) is 3.32. The Morgan fingerprint density at radius 2 is 1.62 bits per heavy atom. The van der Waals surface area contributed by atoms with E-state index in [4.69, 9.17) is 23.2 Å². The molecule has 0 saturated heterocycles. The molecular formula is C31H25Cl2IN4O3S. The first-order valence-electron chi connectivity index (χ1n) is 12.9. The third kappa shape index (κ3) is 7.40. The highest BCUT2D eigenvalue weighted by Crippen LogP contribution is 2.25. The Morgan fingerprint density at radius 3 is 2.36 bits per heavy atom. The maximum absolute atomic E-state index is 13.3. The summed E-state index contributed by atoms with van der Waals surface area (Å²) >= 11 is 14.4. The first-order chi connectivity index (χ1) is 20.2. The van der Waals surface area contributed by atoms with Crippen molar-refractivity contribution in [1.82, 2.24) is 14.7 Å². The van der Waals surface area contributed by atoms with Crippen molar-refractivity contribution in [2.75, 3.05) is 0 Å². The number of para-hydroxylation sites is 1. The van der Waals surface area contributed by atoms with E-state index in [1.165, 1.54) is 12.1 Å². The van der Waals surface area contributed by atoms with Crippen LogP contribution >= 0.6 is 45.8 Å². The van der Waals surface area contributed by atoms with Crippen LogP contribution in [-0.2, 0) is 27.8 Å². The number of hydrogen-bond donors (Lipinski definition) is 2. The summed E-state index contributed by atoms with van der Waals surface area (Å²) in [5, 5.41) is 6.12. The van der Waals surface area contributed by atoms with Gasteiger partial charge in [0.05, 0.1) is 21.2 Å². The molecule has 0 saturated carbocycles. The Bertz CT molecular complexity index is 1860. The minimum absolute atomic E-state index is 0.0760. The molecule has 0 aliphatic rings. The van der Waals surface area contributed by atoms with Gasteiger partial charge in [-0.15, -0.1) is 0 Å². The van der Waals surface area contributed by atoms with Gasteiger partial charge < -0.3 is 4.57 Å². The molecule has 11 heteroatoms. The Hall–Kier alpha value is -3.22. The second-order valence-corrected chi connectivity index (χ2v) is 13.3. The number of rotatable bonds is 10. The van der Waals surface area contributed by atoms with Gasteiger partial charge in [-0.2, -0.15) is 9.82 Å². The van der Waals surface area contributed by atoms with Crippen LogP contribution in [0.15, 0.2) is 113 Å². The summed E-state index contributed by atoms with van der Waals surface area (Å²) in [5.41, 5.74) is 6.07. The fourth-order valence-electron chi connectivity index (χ4n) is 4.49. The predicted molar refractivity (Wildman–Crippen MR) is 177 cm³/mol. The van der Waals surface area contributed by atoms with Crippen molar-refractivity contribution in [2.24, 2.45) is 5.10 Å². The number of carbonyl (C=O) groups is 1. The van der Waals surface area contributed by atoms with Crippen molar-refractivity contribution in [3.8, 4) is 0 Å². The lowest BCUT2D eigenvalue weighted by Gasteiger charge is -2.17. The van der Waals surface area contributed by atoms with Gasteiger partial charge in [-0.1, -0.05) is 77.8 Å². The number of sulfonamides is 1. The van der Waals surface area contributed by atoms with Gasteiger partial charge in [0.25, 0.3) is 5.91 Å². The molecule has 214 valence electrons. The molecule has 7 nitrogen and oxygen atoms in total. The summed E-state index contributed by atoms with van der Waals surface area (Å²) < 4.78 is 31.8. The van der Waals surface area contributed by atoms with Crippen LogP contribution in [0.5, 0.6) is 0 Å². The molecule has 0 radical (unpaired) electrons. The van der Waals surface area contributed by atoms with E-state index < -0.39 is 22.0 Å². The van der Waals surface area contributed by atoms with Gasteiger partial charge in [-0.05, 0) is 82.6 Å². The lowest BCUT2D eigenvalue weighted by molar-refractivity contribution is -0.122. The van der Waals surface area contributed by atoms with E-state index in [2.05, 4.69) is 42.4 Å². The van der Waals surface area contributed by atoms with E-state index in [9.17, 15) is 13.2 Å². The Morgan fingerprint density at radius 1 is 0.905 bits per heavy atom. The number of nitrogens with zero attached hydrogens (tertiary/aromatic N) is 2. The predicted octanol–water partition coefficient (Wildman–Crippen LogP) is 6.64. The minimum Gasteiger partial charge on any atom is -0.342 e. The molecule has 1 atom stereocenters.